The Morgan fingerprint density at radius 1 is 0.891 bits per heavy atom. The molecule has 3 aromatic carbocycles. The zero-order valence-corrected chi connectivity index (χ0v) is 27.8. The Morgan fingerprint density at radius 2 is 1.57 bits per heavy atom. The molecule has 2 fully saturated rings. The third-order valence-electron chi connectivity index (χ3n) is 9.22. The average Bonchev–Trinajstić information content (AvgIpc) is 3.06. The van der Waals surface area contributed by atoms with E-state index in [4.69, 9.17) is 27.9 Å². The van der Waals surface area contributed by atoms with Crippen molar-refractivity contribution in [2.24, 2.45) is 11.8 Å². The number of para-hydroxylation sites is 3. The first-order valence-corrected chi connectivity index (χ1v) is 18.0. The number of carbonyl (C=O) groups excluding carboxylic acids is 2. The number of halogens is 2. The second-order valence-corrected chi connectivity index (χ2v) is 14.9. The highest BCUT2D eigenvalue weighted by atomic mass is 35.5. The maximum Gasteiger partial charge on any atom is 0.265 e. The minimum atomic E-state index is -4.28. The fourth-order valence-corrected chi connectivity index (χ4v) is 8.76. The van der Waals surface area contributed by atoms with E-state index < -0.39 is 22.0 Å². The van der Waals surface area contributed by atoms with Gasteiger partial charge in [0.05, 0.1) is 46.0 Å². The first-order chi connectivity index (χ1) is 22.2. The number of hydrogen-bond acceptors (Lipinski definition) is 6. The van der Waals surface area contributed by atoms with Crippen molar-refractivity contribution >= 4 is 62.1 Å². The molecule has 1 saturated carbocycles. The fraction of sp³-hybridized carbons (Fsp3) is 0.412. The maximum absolute atomic E-state index is 13.9. The normalized spacial score (nSPS) is 21.8. The highest BCUT2D eigenvalue weighted by Gasteiger charge is 2.42. The van der Waals surface area contributed by atoms with Crippen LogP contribution in [0.25, 0.3) is 0 Å². The molecule has 0 bridgehead atoms. The topological polar surface area (TPSA) is 108 Å². The van der Waals surface area contributed by atoms with Crippen LogP contribution in [-0.2, 0) is 30.8 Å². The quantitative estimate of drug-likeness (QED) is 0.291. The van der Waals surface area contributed by atoms with Crippen LogP contribution >= 0.6 is 23.2 Å². The lowest BCUT2D eigenvalue weighted by Gasteiger charge is -2.37. The van der Waals surface area contributed by atoms with Gasteiger partial charge in [-0.3, -0.25) is 13.9 Å². The van der Waals surface area contributed by atoms with Crippen LogP contribution in [0.2, 0.25) is 10.0 Å². The zero-order chi connectivity index (χ0) is 32.3. The molecule has 1 atom stereocenters. The molecule has 2 heterocycles. The number of sulfonamides is 1. The molecule has 1 saturated heterocycles. The molecular weight excluding hydrogens is 647 g/mol. The summed E-state index contributed by atoms with van der Waals surface area (Å²) in [5.74, 6) is -0.0438. The van der Waals surface area contributed by atoms with Gasteiger partial charge >= 0.3 is 0 Å². The Bertz CT molecular complexity index is 1690. The second kappa shape index (κ2) is 14.2. The van der Waals surface area contributed by atoms with Crippen LogP contribution in [0.1, 0.15) is 37.7 Å². The van der Waals surface area contributed by atoms with Crippen LogP contribution < -0.4 is 19.8 Å². The molecule has 2 amide bonds. The molecule has 1 aliphatic carbocycles. The molecular formula is C34H38Cl2N4O5S. The van der Waals surface area contributed by atoms with Gasteiger partial charge in [0.2, 0.25) is 11.8 Å². The first kappa shape index (κ1) is 32.6. The van der Waals surface area contributed by atoms with Crippen LogP contribution in [-0.4, -0.2) is 59.1 Å². The van der Waals surface area contributed by atoms with E-state index in [9.17, 15) is 18.0 Å². The summed E-state index contributed by atoms with van der Waals surface area (Å²) in [6.45, 7) is 3.83. The highest BCUT2D eigenvalue weighted by Crippen LogP contribution is 2.38. The summed E-state index contributed by atoms with van der Waals surface area (Å²) in [5, 5.41) is 6.04. The molecule has 0 radical (unpaired) electrons. The second-order valence-electron chi connectivity index (χ2n) is 12.2. The van der Waals surface area contributed by atoms with Gasteiger partial charge in [-0.05, 0) is 85.9 Å². The van der Waals surface area contributed by atoms with Crippen molar-refractivity contribution in [1.29, 1.82) is 0 Å². The van der Waals surface area contributed by atoms with Gasteiger partial charge in [0.25, 0.3) is 10.0 Å². The molecule has 2 aliphatic heterocycles. The van der Waals surface area contributed by atoms with Crippen molar-refractivity contribution in [3.63, 3.8) is 0 Å². The molecule has 9 nitrogen and oxygen atoms in total. The summed E-state index contributed by atoms with van der Waals surface area (Å²) in [6.07, 6.45) is 4.87. The number of morpholine rings is 1. The van der Waals surface area contributed by atoms with Crippen molar-refractivity contribution in [2.45, 2.75) is 49.5 Å². The Balaban J connectivity index is 1.08. The predicted molar refractivity (Wildman–Crippen MR) is 181 cm³/mol. The van der Waals surface area contributed by atoms with Gasteiger partial charge < -0.3 is 20.3 Å². The SMILES string of the molecule is O=C(CC1C(=O)Nc2ccccc2N1S(=O)(=O)c1ccc(Cl)c(Cl)c1)NCC1CCC(Cc2ccccc2N2CCOCC2)CC1. The maximum atomic E-state index is 13.9. The van der Waals surface area contributed by atoms with E-state index in [-0.39, 0.29) is 33.0 Å². The minimum Gasteiger partial charge on any atom is -0.378 e. The monoisotopic (exact) mass is 684 g/mol. The van der Waals surface area contributed by atoms with Gasteiger partial charge in [-0.2, -0.15) is 0 Å². The first-order valence-electron chi connectivity index (χ1n) is 15.8. The lowest BCUT2D eigenvalue weighted by atomic mass is 9.79. The number of carbonyl (C=O) groups is 2. The Hall–Kier alpha value is -3.31. The highest BCUT2D eigenvalue weighted by molar-refractivity contribution is 7.93. The summed E-state index contributed by atoms with van der Waals surface area (Å²) in [5.41, 5.74) is 3.32. The molecule has 2 N–H and O–H groups in total. The van der Waals surface area contributed by atoms with Crippen LogP contribution in [0.15, 0.2) is 71.6 Å². The van der Waals surface area contributed by atoms with E-state index >= 15 is 0 Å². The molecule has 6 rings (SSSR count). The molecule has 244 valence electrons. The van der Waals surface area contributed by atoms with Crippen molar-refractivity contribution < 1.29 is 22.7 Å². The van der Waals surface area contributed by atoms with Crippen LogP contribution in [0.4, 0.5) is 17.1 Å². The zero-order valence-electron chi connectivity index (χ0n) is 25.5. The Morgan fingerprint density at radius 3 is 2.30 bits per heavy atom. The minimum absolute atomic E-state index is 0.0720. The van der Waals surface area contributed by atoms with Crippen molar-refractivity contribution in [3.8, 4) is 0 Å². The lowest BCUT2D eigenvalue weighted by Crippen LogP contribution is -2.53. The number of anilines is 3. The van der Waals surface area contributed by atoms with Crippen LogP contribution in [0.3, 0.4) is 0 Å². The number of rotatable bonds is 9. The van der Waals surface area contributed by atoms with Gasteiger partial charge in [-0.1, -0.05) is 53.5 Å². The smallest absolute Gasteiger partial charge is 0.265 e. The van der Waals surface area contributed by atoms with Gasteiger partial charge in [-0.25, -0.2) is 8.42 Å². The van der Waals surface area contributed by atoms with E-state index in [1.165, 1.54) is 29.4 Å². The van der Waals surface area contributed by atoms with E-state index in [0.717, 1.165) is 62.7 Å². The predicted octanol–water partition coefficient (Wildman–Crippen LogP) is 5.90. The van der Waals surface area contributed by atoms with Crippen molar-refractivity contribution in [2.75, 3.05) is 47.4 Å². The van der Waals surface area contributed by atoms with Crippen molar-refractivity contribution in [3.05, 3.63) is 82.3 Å². The summed E-state index contributed by atoms with van der Waals surface area (Å²) in [4.78, 5) is 28.8. The fourth-order valence-electron chi connectivity index (χ4n) is 6.74. The number of ether oxygens (including phenoxy) is 1. The van der Waals surface area contributed by atoms with Gasteiger partial charge in [0, 0.05) is 25.3 Å². The average molecular weight is 686 g/mol. The summed E-state index contributed by atoms with van der Waals surface area (Å²) in [7, 11) is -4.28. The van der Waals surface area contributed by atoms with Crippen molar-refractivity contribution in [1.82, 2.24) is 5.32 Å². The largest absolute Gasteiger partial charge is 0.378 e. The molecule has 0 spiro atoms. The van der Waals surface area contributed by atoms with Crippen LogP contribution in [0.5, 0.6) is 0 Å². The number of fused-ring (bicyclic) bond motifs is 1. The number of benzene rings is 3. The van der Waals surface area contributed by atoms with Crippen LogP contribution in [0, 0.1) is 11.8 Å². The van der Waals surface area contributed by atoms with Gasteiger partial charge in [-0.15, -0.1) is 0 Å². The third kappa shape index (κ3) is 7.15. The summed E-state index contributed by atoms with van der Waals surface area (Å²) in [6, 6.07) is 18.0. The Kier molecular flexibility index (Phi) is 10.1. The number of nitrogens with one attached hydrogen (secondary N) is 2. The molecule has 3 aliphatic rings. The summed E-state index contributed by atoms with van der Waals surface area (Å²) >= 11 is 12.2. The number of hydrogen-bond donors (Lipinski definition) is 2. The van der Waals surface area contributed by atoms with E-state index in [0.29, 0.717) is 24.1 Å². The van der Waals surface area contributed by atoms with Gasteiger partial charge in [0.1, 0.15) is 6.04 Å². The van der Waals surface area contributed by atoms with Gasteiger partial charge in [0.15, 0.2) is 0 Å². The molecule has 0 aromatic heterocycles. The number of amides is 2. The van der Waals surface area contributed by atoms with E-state index in [1.807, 2.05) is 0 Å². The summed E-state index contributed by atoms with van der Waals surface area (Å²) < 4.78 is 34.4. The molecule has 3 aromatic rings. The molecule has 46 heavy (non-hydrogen) atoms. The number of nitrogens with zero attached hydrogens (tertiary/aromatic N) is 2. The lowest BCUT2D eigenvalue weighted by molar-refractivity contribution is -0.125. The molecule has 12 heteroatoms. The third-order valence-corrected chi connectivity index (χ3v) is 11.8. The standard InChI is InChI=1S/C34H38Cl2N4O5S/c35-27-14-13-26(20-28(27)36)46(43,44)40-31-8-4-2-6-29(31)38-34(42)32(40)21-33(41)37-22-24-11-9-23(10-12-24)19-25-5-1-3-7-30(25)39-15-17-45-18-16-39/h1-8,13-14,20,23-24,32H,9-12,15-19,21-22H2,(H,37,41)(H,38,42). The van der Waals surface area contributed by atoms with E-state index in [1.54, 1.807) is 24.3 Å². The molecule has 1 unspecified atom stereocenters. The Labute approximate surface area is 280 Å². The van der Waals surface area contributed by atoms with E-state index in [2.05, 4.69) is 39.8 Å².